The fourth-order valence-corrected chi connectivity index (χ4v) is 4.18. The van der Waals surface area contributed by atoms with Crippen molar-refractivity contribution >= 4 is 5.97 Å². The van der Waals surface area contributed by atoms with Crippen LogP contribution >= 0.6 is 0 Å². The predicted molar refractivity (Wildman–Crippen MR) is 118 cm³/mol. The molecule has 0 spiro atoms. The van der Waals surface area contributed by atoms with E-state index in [0.29, 0.717) is 37.1 Å². The van der Waals surface area contributed by atoms with Crippen molar-refractivity contribution in [2.24, 2.45) is 0 Å². The number of aliphatic carboxylic acids is 1. The Morgan fingerprint density at radius 1 is 0.759 bits per heavy atom. The first kappa shape index (κ1) is 28.3. The van der Waals surface area contributed by atoms with Crippen molar-refractivity contribution in [1.82, 2.24) is 0 Å². The molecule has 6 nitrogen and oxygen atoms in total. The summed E-state index contributed by atoms with van der Waals surface area (Å²) in [6.45, 7) is 6.55. The van der Waals surface area contributed by atoms with Crippen LogP contribution in [0, 0.1) is 0 Å². The molecular formula is C23H48NO5+. The van der Waals surface area contributed by atoms with Gasteiger partial charge in [0.25, 0.3) is 0 Å². The van der Waals surface area contributed by atoms with Gasteiger partial charge in [0, 0.05) is 6.42 Å². The fraction of sp³-hybridized carbons (Fsp3) is 0.957. The van der Waals surface area contributed by atoms with Gasteiger partial charge in [-0.3, -0.25) is 4.79 Å². The number of hydrogen-bond donors (Lipinski definition) is 4. The number of carboxylic acid groups (broad SMARTS) is 1. The van der Waals surface area contributed by atoms with Gasteiger partial charge in [-0.05, 0) is 25.7 Å². The van der Waals surface area contributed by atoms with Gasteiger partial charge in [-0.2, -0.15) is 0 Å². The van der Waals surface area contributed by atoms with Gasteiger partial charge in [0.1, 0.15) is 31.8 Å². The minimum Gasteiger partial charge on any atom is -0.481 e. The summed E-state index contributed by atoms with van der Waals surface area (Å²) in [7, 11) is 0. The lowest BCUT2D eigenvalue weighted by Crippen LogP contribution is -2.57. The van der Waals surface area contributed by atoms with E-state index < -0.39 is 18.2 Å². The molecule has 0 aliphatic rings. The van der Waals surface area contributed by atoms with Crippen molar-refractivity contribution in [2.45, 2.75) is 110 Å². The maximum Gasteiger partial charge on any atom is 0.303 e. The van der Waals surface area contributed by atoms with E-state index in [1.54, 1.807) is 0 Å². The van der Waals surface area contributed by atoms with Crippen molar-refractivity contribution in [3.63, 3.8) is 0 Å². The molecule has 2 atom stereocenters. The molecule has 0 aliphatic heterocycles. The van der Waals surface area contributed by atoms with Gasteiger partial charge < -0.3 is 24.9 Å². The number of aliphatic hydroxyl groups excluding tert-OH is 3. The lowest BCUT2D eigenvalue weighted by atomic mass is 10.0. The Hall–Kier alpha value is -0.690. The molecule has 0 aromatic heterocycles. The summed E-state index contributed by atoms with van der Waals surface area (Å²) in [5.41, 5.74) is 0. The number of carbonyl (C=O) groups is 1. The standard InChI is InChI=1S/C23H47NO5/c1-3-5-7-9-13-21(26)19-24(17-18-25,16-12-11-15-23(28)29)20-22(27)14-10-8-6-4-2/h21-22,25-27H,3-20H2,1-2H3/p+1. The summed E-state index contributed by atoms with van der Waals surface area (Å²) >= 11 is 0. The molecule has 4 N–H and O–H groups in total. The molecule has 6 heteroatoms. The largest absolute Gasteiger partial charge is 0.481 e. The van der Waals surface area contributed by atoms with E-state index in [2.05, 4.69) is 13.8 Å². The molecule has 2 unspecified atom stereocenters. The summed E-state index contributed by atoms with van der Waals surface area (Å²) in [6.07, 6.45) is 10.9. The smallest absolute Gasteiger partial charge is 0.303 e. The van der Waals surface area contributed by atoms with Crippen LogP contribution in [0.1, 0.15) is 97.3 Å². The Bertz CT molecular complexity index is 371. The zero-order valence-electron chi connectivity index (χ0n) is 19.0. The summed E-state index contributed by atoms with van der Waals surface area (Å²) in [6, 6.07) is 0. The van der Waals surface area contributed by atoms with E-state index in [9.17, 15) is 20.1 Å². The molecule has 0 fully saturated rings. The molecule has 0 aliphatic carbocycles. The van der Waals surface area contributed by atoms with Gasteiger partial charge in [-0.25, -0.2) is 0 Å². The van der Waals surface area contributed by atoms with E-state index >= 15 is 0 Å². The molecule has 0 saturated heterocycles. The number of nitrogens with zero attached hydrogens (tertiary/aromatic N) is 1. The Morgan fingerprint density at radius 3 is 1.69 bits per heavy atom. The van der Waals surface area contributed by atoms with Crippen LogP contribution in [-0.4, -0.2) is 75.9 Å². The van der Waals surface area contributed by atoms with Gasteiger partial charge in [-0.15, -0.1) is 0 Å². The van der Waals surface area contributed by atoms with Crippen molar-refractivity contribution in [3.8, 4) is 0 Å². The molecule has 0 rings (SSSR count). The maximum absolute atomic E-state index is 10.8. The molecule has 0 saturated carbocycles. The third kappa shape index (κ3) is 15.8. The van der Waals surface area contributed by atoms with Crippen LogP contribution in [0.5, 0.6) is 0 Å². The highest BCUT2D eigenvalue weighted by Gasteiger charge is 2.32. The minimum atomic E-state index is -0.794. The Balaban J connectivity index is 4.88. The molecule has 29 heavy (non-hydrogen) atoms. The maximum atomic E-state index is 10.8. The van der Waals surface area contributed by atoms with Gasteiger partial charge in [0.15, 0.2) is 0 Å². The summed E-state index contributed by atoms with van der Waals surface area (Å²) in [5, 5.41) is 39.9. The Labute approximate surface area is 178 Å². The SMILES string of the molecule is CCCCCCC(O)C[N+](CCO)(CCCCC(=O)O)CC(O)CCCCCC. The van der Waals surface area contributed by atoms with Crippen molar-refractivity contribution in [3.05, 3.63) is 0 Å². The molecule has 174 valence electrons. The van der Waals surface area contributed by atoms with Gasteiger partial charge in [0.2, 0.25) is 0 Å². The quantitative estimate of drug-likeness (QED) is 0.168. The predicted octanol–water partition coefficient (Wildman–Crippen LogP) is 3.71. The van der Waals surface area contributed by atoms with Crippen LogP contribution in [0.4, 0.5) is 0 Å². The first-order valence-electron chi connectivity index (χ1n) is 11.9. The minimum absolute atomic E-state index is 0.00401. The van der Waals surface area contributed by atoms with Crippen LogP contribution in [0.25, 0.3) is 0 Å². The highest BCUT2D eigenvalue weighted by atomic mass is 16.4. The summed E-state index contributed by atoms with van der Waals surface area (Å²) in [4.78, 5) is 10.8. The molecular weight excluding hydrogens is 370 g/mol. The molecule has 0 bridgehead atoms. The van der Waals surface area contributed by atoms with Crippen LogP contribution in [0.2, 0.25) is 0 Å². The van der Waals surface area contributed by atoms with Gasteiger partial charge in [0.05, 0.1) is 13.2 Å². The molecule has 0 heterocycles. The topological polar surface area (TPSA) is 98.0 Å². The zero-order valence-corrected chi connectivity index (χ0v) is 19.0. The number of quaternary nitrogens is 1. The van der Waals surface area contributed by atoms with Gasteiger partial charge in [-0.1, -0.05) is 65.2 Å². The lowest BCUT2D eigenvalue weighted by molar-refractivity contribution is -0.934. The average Bonchev–Trinajstić information content (AvgIpc) is 2.66. The number of hydrogen-bond acceptors (Lipinski definition) is 4. The first-order chi connectivity index (χ1) is 13.9. The number of carboxylic acids is 1. The molecule has 0 amide bonds. The fourth-order valence-electron chi connectivity index (χ4n) is 4.18. The zero-order chi connectivity index (χ0) is 22.0. The third-order valence-electron chi connectivity index (χ3n) is 5.83. The molecule has 0 radical (unpaired) electrons. The van der Waals surface area contributed by atoms with E-state index in [1.165, 1.54) is 12.8 Å². The number of unbranched alkanes of at least 4 members (excludes halogenated alkanes) is 7. The van der Waals surface area contributed by atoms with Crippen LogP contribution in [0.3, 0.4) is 0 Å². The number of rotatable bonds is 21. The summed E-state index contributed by atoms with van der Waals surface area (Å²) < 4.78 is 0.472. The second-order valence-electron chi connectivity index (χ2n) is 8.73. The molecule has 0 aromatic rings. The molecule has 0 aromatic carbocycles. The summed E-state index contributed by atoms with van der Waals surface area (Å²) in [5.74, 6) is -0.794. The van der Waals surface area contributed by atoms with Crippen LogP contribution in [-0.2, 0) is 4.79 Å². The highest BCUT2D eigenvalue weighted by Crippen LogP contribution is 2.18. The van der Waals surface area contributed by atoms with Crippen LogP contribution in [0.15, 0.2) is 0 Å². The van der Waals surface area contributed by atoms with E-state index in [4.69, 9.17) is 5.11 Å². The normalized spacial score (nSPS) is 15.8. The highest BCUT2D eigenvalue weighted by molar-refractivity contribution is 5.66. The average molecular weight is 419 g/mol. The monoisotopic (exact) mass is 418 g/mol. The van der Waals surface area contributed by atoms with Crippen LogP contribution < -0.4 is 0 Å². The van der Waals surface area contributed by atoms with Crippen molar-refractivity contribution in [2.75, 3.05) is 32.8 Å². The van der Waals surface area contributed by atoms with Crippen molar-refractivity contribution < 1.29 is 29.7 Å². The van der Waals surface area contributed by atoms with Crippen molar-refractivity contribution in [1.29, 1.82) is 0 Å². The number of aliphatic hydroxyl groups is 3. The van der Waals surface area contributed by atoms with E-state index in [0.717, 1.165) is 57.8 Å². The third-order valence-corrected chi connectivity index (χ3v) is 5.83. The Kier molecular flexibility index (Phi) is 17.7. The first-order valence-corrected chi connectivity index (χ1v) is 11.9. The van der Waals surface area contributed by atoms with Gasteiger partial charge >= 0.3 is 5.97 Å². The van der Waals surface area contributed by atoms with E-state index in [-0.39, 0.29) is 13.0 Å². The second-order valence-corrected chi connectivity index (χ2v) is 8.73. The van der Waals surface area contributed by atoms with E-state index in [1.807, 2.05) is 0 Å². The Morgan fingerprint density at radius 2 is 1.28 bits per heavy atom. The second kappa shape index (κ2) is 18.1. The lowest BCUT2D eigenvalue weighted by Gasteiger charge is -2.41.